The Hall–Kier alpha value is -1.00. The summed E-state index contributed by atoms with van der Waals surface area (Å²) in [6.45, 7) is 7.68. The molecule has 21 heavy (non-hydrogen) atoms. The molecule has 0 bridgehead atoms. The topological polar surface area (TPSA) is 29.3 Å². The molecule has 1 atom stereocenters. The van der Waals surface area contributed by atoms with Crippen molar-refractivity contribution in [3.8, 4) is 0 Å². The van der Waals surface area contributed by atoms with E-state index in [1.165, 1.54) is 31.4 Å². The summed E-state index contributed by atoms with van der Waals surface area (Å²) < 4.78 is 26.4. The van der Waals surface area contributed by atoms with Crippen molar-refractivity contribution in [2.75, 3.05) is 19.6 Å². The molecule has 2 N–H and O–H groups in total. The molecular weight excluding hydrogens is 270 g/mol. The number of nitrogens with two attached hydrogens (primary N) is 1. The van der Waals surface area contributed by atoms with Crippen LogP contribution >= 0.6 is 0 Å². The summed E-state index contributed by atoms with van der Waals surface area (Å²) in [5.41, 5.74) is 7.09. The summed E-state index contributed by atoms with van der Waals surface area (Å²) in [5, 5.41) is 0. The first-order valence-corrected chi connectivity index (χ1v) is 7.86. The van der Waals surface area contributed by atoms with Crippen molar-refractivity contribution in [3.63, 3.8) is 0 Å². The van der Waals surface area contributed by atoms with Crippen molar-refractivity contribution >= 4 is 0 Å². The van der Waals surface area contributed by atoms with Gasteiger partial charge in [-0.3, -0.25) is 0 Å². The monoisotopic (exact) mass is 296 g/mol. The lowest BCUT2D eigenvalue weighted by molar-refractivity contribution is 0.112. The second kappa shape index (κ2) is 6.84. The fourth-order valence-electron chi connectivity index (χ4n) is 2.95. The van der Waals surface area contributed by atoms with Crippen molar-refractivity contribution in [2.24, 2.45) is 11.1 Å². The first kappa shape index (κ1) is 16.4. The van der Waals surface area contributed by atoms with Gasteiger partial charge in [-0.25, -0.2) is 8.78 Å². The van der Waals surface area contributed by atoms with Crippen LogP contribution in [0.25, 0.3) is 0 Å². The number of rotatable bonds is 5. The minimum absolute atomic E-state index is 0.310. The molecule has 1 heterocycles. The molecule has 0 aliphatic carbocycles. The van der Waals surface area contributed by atoms with Gasteiger partial charge in [-0.05, 0) is 62.0 Å². The Kier molecular flexibility index (Phi) is 5.33. The summed E-state index contributed by atoms with van der Waals surface area (Å²) in [4.78, 5) is 2.41. The van der Waals surface area contributed by atoms with Crippen LogP contribution in [0.1, 0.15) is 51.1 Å². The highest BCUT2D eigenvalue weighted by Crippen LogP contribution is 2.34. The van der Waals surface area contributed by atoms with Gasteiger partial charge >= 0.3 is 0 Å². The molecule has 1 aromatic rings. The highest BCUT2D eigenvalue weighted by Gasteiger charge is 2.28. The Labute approximate surface area is 126 Å². The molecule has 0 spiro atoms. The largest absolute Gasteiger partial charge is 0.324 e. The molecule has 2 nitrogen and oxygen atoms in total. The second-order valence-electron chi connectivity index (χ2n) is 6.60. The first-order chi connectivity index (χ1) is 9.92. The lowest BCUT2D eigenvalue weighted by Crippen LogP contribution is -2.39. The van der Waals surface area contributed by atoms with Gasteiger partial charge in [-0.2, -0.15) is 0 Å². The number of benzene rings is 1. The van der Waals surface area contributed by atoms with Gasteiger partial charge in [-0.1, -0.05) is 20.3 Å². The van der Waals surface area contributed by atoms with E-state index in [9.17, 15) is 8.78 Å². The van der Waals surface area contributed by atoms with Crippen LogP contribution in [0.4, 0.5) is 8.78 Å². The summed E-state index contributed by atoms with van der Waals surface area (Å²) in [5.74, 6) is -1.12. The molecule has 1 unspecified atom stereocenters. The highest BCUT2D eigenvalue weighted by atomic mass is 19.1. The minimum Gasteiger partial charge on any atom is -0.324 e. The molecule has 0 saturated carbocycles. The van der Waals surface area contributed by atoms with Crippen molar-refractivity contribution in [2.45, 2.75) is 45.6 Å². The zero-order valence-corrected chi connectivity index (χ0v) is 13.0. The molecule has 4 heteroatoms. The van der Waals surface area contributed by atoms with Gasteiger partial charge in [-0.15, -0.1) is 0 Å². The molecular formula is C17H26F2N2. The predicted molar refractivity (Wildman–Crippen MR) is 82.0 cm³/mol. The van der Waals surface area contributed by atoms with E-state index in [4.69, 9.17) is 5.73 Å². The molecule has 1 saturated heterocycles. The standard InChI is InChI=1S/C17H26F2N2/c1-3-17(2)5-8-21(9-6-17)7-4-16(20)13-10-14(18)12-15(19)11-13/h10-12,16H,3-9,20H2,1-2H3. The second-order valence-corrected chi connectivity index (χ2v) is 6.60. The predicted octanol–water partition coefficient (Wildman–Crippen LogP) is 3.87. The lowest BCUT2D eigenvalue weighted by atomic mass is 9.78. The zero-order valence-electron chi connectivity index (χ0n) is 13.0. The average Bonchev–Trinajstić information content (AvgIpc) is 2.45. The molecule has 2 rings (SSSR count). The van der Waals surface area contributed by atoms with Crippen LogP contribution in [0, 0.1) is 17.0 Å². The molecule has 118 valence electrons. The third kappa shape index (κ3) is 4.48. The summed E-state index contributed by atoms with van der Waals surface area (Å²) in [6.07, 6.45) is 4.38. The summed E-state index contributed by atoms with van der Waals surface area (Å²) >= 11 is 0. The lowest BCUT2D eigenvalue weighted by Gasteiger charge is -2.39. The fraction of sp³-hybridized carbons (Fsp3) is 0.647. The van der Waals surface area contributed by atoms with E-state index >= 15 is 0 Å². The van der Waals surface area contributed by atoms with Gasteiger partial charge in [0.15, 0.2) is 0 Å². The van der Waals surface area contributed by atoms with E-state index in [-0.39, 0.29) is 6.04 Å². The van der Waals surface area contributed by atoms with E-state index < -0.39 is 11.6 Å². The van der Waals surface area contributed by atoms with E-state index in [1.54, 1.807) is 0 Å². The van der Waals surface area contributed by atoms with Crippen LogP contribution in [0.15, 0.2) is 18.2 Å². The molecule has 0 radical (unpaired) electrons. The van der Waals surface area contributed by atoms with Crippen molar-refractivity contribution < 1.29 is 8.78 Å². The molecule has 1 aromatic carbocycles. The SMILES string of the molecule is CCC1(C)CCN(CCC(N)c2cc(F)cc(F)c2)CC1. The summed E-state index contributed by atoms with van der Waals surface area (Å²) in [6, 6.07) is 3.23. The van der Waals surface area contributed by atoms with Gasteiger partial charge in [0, 0.05) is 12.1 Å². The van der Waals surface area contributed by atoms with Crippen LogP contribution < -0.4 is 5.73 Å². The Morgan fingerprint density at radius 1 is 1.19 bits per heavy atom. The van der Waals surface area contributed by atoms with Crippen molar-refractivity contribution in [1.29, 1.82) is 0 Å². The third-order valence-electron chi connectivity index (χ3n) is 4.99. The maximum absolute atomic E-state index is 13.2. The minimum atomic E-state index is -0.558. The van der Waals surface area contributed by atoms with E-state index in [0.29, 0.717) is 11.0 Å². The number of hydrogen-bond acceptors (Lipinski definition) is 2. The quantitative estimate of drug-likeness (QED) is 0.894. The zero-order chi connectivity index (χ0) is 15.5. The van der Waals surface area contributed by atoms with Gasteiger partial charge < -0.3 is 10.6 Å². The van der Waals surface area contributed by atoms with Crippen LogP contribution in [0.5, 0.6) is 0 Å². The van der Waals surface area contributed by atoms with Crippen molar-refractivity contribution in [1.82, 2.24) is 4.90 Å². The maximum atomic E-state index is 13.2. The number of halogens is 2. The van der Waals surface area contributed by atoms with E-state index in [1.807, 2.05) is 0 Å². The Morgan fingerprint density at radius 2 is 1.76 bits per heavy atom. The van der Waals surface area contributed by atoms with Crippen LogP contribution in [-0.4, -0.2) is 24.5 Å². The van der Waals surface area contributed by atoms with Crippen LogP contribution in [0.3, 0.4) is 0 Å². The van der Waals surface area contributed by atoms with Crippen LogP contribution in [-0.2, 0) is 0 Å². The number of likely N-dealkylation sites (tertiary alicyclic amines) is 1. The Morgan fingerprint density at radius 3 is 2.29 bits per heavy atom. The van der Waals surface area contributed by atoms with Gasteiger partial charge in [0.2, 0.25) is 0 Å². The van der Waals surface area contributed by atoms with Gasteiger partial charge in [0.1, 0.15) is 11.6 Å². The van der Waals surface area contributed by atoms with Gasteiger partial charge in [0.25, 0.3) is 0 Å². The number of hydrogen-bond donors (Lipinski definition) is 1. The van der Waals surface area contributed by atoms with E-state index in [0.717, 1.165) is 32.1 Å². The number of piperidine rings is 1. The van der Waals surface area contributed by atoms with Crippen molar-refractivity contribution in [3.05, 3.63) is 35.4 Å². The average molecular weight is 296 g/mol. The highest BCUT2D eigenvalue weighted by molar-refractivity contribution is 5.21. The Bertz CT molecular complexity index is 448. The maximum Gasteiger partial charge on any atom is 0.126 e. The molecule has 1 aliphatic heterocycles. The first-order valence-electron chi connectivity index (χ1n) is 7.86. The fourth-order valence-corrected chi connectivity index (χ4v) is 2.95. The third-order valence-corrected chi connectivity index (χ3v) is 4.99. The molecule has 0 aromatic heterocycles. The molecule has 1 aliphatic rings. The molecule has 0 amide bonds. The smallest absolute Gasteiger partial charge is 0.126 e. The normalized spacial score (nSPS) is 20.4. The van der Waals surface area contributed by atoms with Gasteiger partial charge in [0.05, 0.1) is 0 Å². The number of nitrogens with zero attached hydrogens (tertiary/aromatic N) is 1. The molecule has 1 fully saturated rings. The van der Waals surface area contributed by atoms with Crippen LogP contribution in [0.2, 0.25) is 0 Å². The van der Waals surface area contributed by atoms with E-state index in [2.05, 4.69) is 18.7 Å². The summed E-state index contributed by atoms with van der Waals surface area (Å²) in [7, 11) is 0. The Balaban J connectivity index is 1.83.